The zero-order valence-electron chi connectivity index (χ0n) is 13.7. The monoisotopic (exact) mass is 362 g/mol. The van der Waals surface area contributed by atoms with Crippen LogP contribution in [0.1, 0.15) is 6.92 Å². The van der Waals surface area contributed by atoms with Gasteiger partial charge in [0.1, 0.15) is 23.9 Å². The van der Waals surface area contributed by atoms with Crippen molar-refractivity contribution in [3.8, 4) is 11.5 Å². The van der Waals surface area contributed by atoms with E-state index in [1.54, 1.807) is 0 Å². The van der Waals surface area contributed by atoms with Crippen LogP contribution < -0.4 is 9.47 Å². The highest BCUT2D eigenvalue weighted by molar-refractivity contribution is 7.99. The summed E-state index contributed by atoms with van der Waals surface area (Å²) in [5, 5.41) is 10.8. The van der Waals surface area contributed by atoms with Crippen molar-refractivity contribution < 1.29 is 19.0 Å². The van der Waals surface area contributed by atoms with Crippen LogP contribution in [0.3, 0.4) is 0 Å². The zero-order valence-corrected chi connectivity index (χ0v) is 14.6. The maximum Gasteiger partial charge on any atom is 0.166 e. The van der Waals surface area contributed by atoms with Crippen LogP contribution >= 0.6 is 11.8 Å². The first kappa shape index (κ1) is 17.6. The number of benzene rings is 2. The summed E-state index contributed by atoms with van der Waals surface area (Å²) in [6.45, 7) is 2.68. The molecule has 132 valence electrons. The standard InChI is InChI=1S/C18H19FN2O3S/c1-2-23-15-7-8-16-17(9-15)21-18(20-16)25-11-13(22)10-24-14-5-3-12(19)4-6-14/h3-9,13,22H,2,10-11H2,1H3,(H,20,21). The molecule has 7 heteroatoms. The molecular weight excluding hydrogens is 343 g/mol. The Balaban J connectivity index is 1.52. The Labute approximate surface area is 149 Å². The van der Waals surface area contributed by atoms with E-state index in [2.05, 4.69) is 9.97 Å². The first-order chi connectivity index (χ1) is 12.1. The predicted molar refractivity (Wildman–Crippen MR) is 95.9 cm³/mol. The summed E-state index contributed by atoms with van der Waals surface area (Å²) in [6, 6.07) is 11.4. The lowest BCUT2D eigenvalue weighted by Gasteiger charge is -2.11. The molecule has 0 saturated carbocycles. The van der Waals surface area contributed by atoms with Crippen LogP contribution in [0.5, 0.6) is 11.5 Å². The van der Waals surface area contributed by atoms with Crippen LogP contribution in [0.25, 0.3) is 11.0 Å². The lowest BCUT2D eigenvalue weighted by Crippen LogP contribution is -2.20. The summed E-state index contributed by atoms with van der Waals surface area (Å²) in [5.74, 6) is 1.43. The summed E-state index contributed by atoms with van der Waals surface area (Å²) in [5.41, 5.74) is 1.74. The van der Waals surface area contributed by atoms with Crippen molar-refractivity contribution >= 4 is 22.8 Å². The highest BCUT2D eigenvalue weighted by Gasteiger charge is 2.10. The number of hydrogen-bond acceptors (Lipinski definition) is 5. The molecule has 0 spiro atoms. The first-order valence-electron chi connectivity index (χ1n) is 7.96. The minimum Gasteiger partial charge on any atom is -0.494 e. The fourth-order valence-corrected chi connectivity index (χ4v) is 3.03. The normalized spacial score (nSPS) is 12.3. The number of aromatic amines is 1. The molecule has 0 aliphatic carbocycles. The van der Waals surface area contributed by atoms with Crippen molar-refractivity contribution in [2.24, 2.45) is 0 Å². The SMILES string of the molecule is CCOc1ccc2nc(SCC(O)COc3ccc(F)cc3)[nH]c2c1. The number of rotatable bonds is 8. The summed E-state index contributed by atoms with van der Waals surface area (Å²) < 4.78 is 23.7. The van der Waals surface area contributed by atoms with E-state index in [0.29, 0.717) is 18.1 Å². The fourth-order valence-electron chi connectivity index (χ4n) is 2.24. The van der Waals surface area contributed by atoms with Gasteiger partial charge in [0.05, 0.1) is 23.7 Å². The van der Waals surface area contributed by atoms with Crippen molar-refractivity contribution in [3.63, 3.8) is 0 Å². The van der Waals surface area contributed by atoms with Crippen LogP contribution in [0.4, 0.5) is 4.39 Å². The van der Waals surface area contributed by atoms with Crippen molar-refractivity contribution in [1.29, 1.82) is 0 Å². The van der Waals surface area contributed by atoms with Gasteiger partial charge in [0.2, 0.25) is 0 Å². The molecule has 0 fully saturated rings. The van der Waals surface area contributed by atoms with Crippen molar-refractivity contribution in [1.82, 2.24) is 9.97 Å². The second-order valence-electron chi connectivity index (χ2n) is 5.38. The number of aliphatic hydroxyl groups is 1. The van der Waals surface area contributed by atoms with Crippen LogP contribution in [0.2, 0.25) is 0 Å². The third-order valence-electron chi connectivity index (χ3n) is 3.41. The molecule has 0 aliphatic heterocycles. The van der Waals surface area contributed by atoms with Gasteiger partial charge in [0, 0.05) is 11.8 Å². The number of fused-ring (bicyclic) bond motifs is 1. The lowest BCUT2D eigenvalue weighted by atomic mass is 10.3. The summed E-state index contributed by atoms with van der Waals surface area (Å²) in [4.78, 5) is 7.68. The Bertz CT molecular complexity index is 823. The Kier molecular flexibility index (Phi) is 5.78. The molecule has 25 heavy (non-hydrogen) atoms. The van der Waals surface area contributed by atoms with Crippen LogP contribution in [0.15, 0.2) is 47.6 Å². The van der Waals surface area contributed by atoms with Crippen LogP contribution in [-0.4, -0.2) is 40.1 Å². The third kappa shape index (κ3) is 4.87. The third-order valence-corrected chi connectivity index (χ3v) is 4.43. The Morgan fingerprint density at radius 2 is 1.92 bits per heavy atom. The molecule has 0 bridgehead atoms. The summed E-state index contributed by atoms with van der Waals surface area (Å²) >= 11 is 1.41. The van der Waals surface area contributed by atoms with Gasteiger partial charge in [-0.05, 0) is 43.3 Å². The van der Waals surface area contributed by atoms with Gasteiger partial charge in [-0.3, -0.25) is 0 Å². The number of hydrogen-bond donors (Lipinski definition) is 2. The number of imidazole rings is 1. The Morgan fingerprint density at radius 1 is 1.16 bits per heavy atom. The molecule has 2 aromatic carbocycles. The summed E-state index contributed by atoms with van der Waals surface area (Å²) in [6.07, 6.45) is -0.665. The molecule has 1 aromatic heterocycles. The van der Waals surface area contributed by atoms with Gasteiger partial charge in [-0.25, -0.2) is 9.37 Å². The topological polar surface area (TPSA) is 67.4 Å². The van der Waals surface area contributed by atoms with E-state index in [1.807, 2.05) is 25.1 Å². The number of aliphatic hydroxyl groups excluding tert-OH is 1. The van der Waals surface area contributed by atoms with E-state index in [4.69, 9.17) is 9.47 Å². The van der Waals surface area contributed by atoms with Gasteiger partial charge in [0.25, 0.3) is 0 Å². The van der Waals surface area contributed by atoms with Gasteiger partial charge in [-0.1, -0.05) is 11.8 Å². The van der Waals surface area contributed by atoms with E-state index in [1.165, 1.54) is 36.0 Å². The van der Waals surface area contributed by atoms with Crippen molar-refractivity contribution in [2.45, 2.75) is 18.2 Å². The number of nitrogens with zero attached hydrogens (tertiary/aromatic N) is 1. The zero-order chi connectivity index (χ0) is 17.6. The molecule has 0 radical (unpaired) electrons. The molecule has 5 nitrogen and oxygen atoms in total. The second-order valence-corrected chi connectivity index (χ2v) is 6.39. The second kappa shape index (κ2) is 8.22. The molecule has 1 heterocycles. The summed E-state index contributed by atoms with van der Waals surface area (Å²) in [7, 11) is 0. The van der Waals surface area contributed by atoms with Gasteiger partial charge >= 0.3 is 0 Å². The lowest BCUT2D eigenvalue weighted by molar-refractivity contribution is 0.126. The largest absolute Gasteiger partial charge is 0.494 e. The van der Waals surface area contributed by atoms with E-state index < -0.39 is 6.10 Å². The number of nitrogens with one attached hydrogen (secondary N) is 1. The highest BCUT2D eigenvalue weighted by Crippen LogP contribution is 2.24. The van der Waals surface area contributed by atoms with Crippen molar-refractivity contribution in [2.75, 3.05) is 19.0 Å². The quantitative estimate of drug-likeness (QED) is 0.599. The van der Waals surface area contributed by atoms with Gasteiger partial charge in [0.15, 0.2) is 5.16 Å². The maximum absolute atomic E-state index is 12.8. The molecule has 1 atom stereocenters. The average Bonchev–Trinajstić information content (AvgIpc) is 3.02. The van der Waals surface area contributed by atoms with E-state index >= 15 is 0 Å². The maximum atomic E-state index is 12.8. The fraction of sp³-hybridized carbons (Fsp3) is 0.278. The number of H-pyrrole nitrogens is 1. The molecular formula is C18H19FN2O3S. The Hall–Kier alpha value is -2.25. The molecule has 1 unspecified atom stereocenters. The minimum atomic E-state index is -0.665. The predicted octanol–water partition coefficient (Wildman–Crippen LogP) is 3.63. The first-order valence-corrected chi connectivity index (χ1v) is 8.94. The molecule has 3 rings (SSSR count). The highest BCUT2D eigenvalue weighted by atomic mass is 32.2. The number of ether oxygens (including phenoxy) is 2. The molecule has 0 amide bonds. The van der Waals surface area contributed by atoms with Crippen LogP contribution in [-0.2, 0) is 0 Å². The molecule has 3 aromatic rings. The number of halogens is 1. The van der Waals surface area contributed by atoms with Gasteiger partial charge < -0.3 is 19.6 Å². The van der Waals surface area contributed by atoms with Gasteiger partial charge in [-0.15, -0.1) is 0 Å². The van der Waals surface area contributed by atoms with E-state index in [0.717, 1.165) is 21.9 Å². The molecule has 2 N–H and O–H groups in total. The number of thioether (sulfide) groups is 1. The van der Waals surface area contributed by atoms with Gasteiger partial charge in [-0.2, -0.15) is 0 Å². The van der Waals surface area contributed by atoms with E-state index in [-0.39, 0.29) is 12.4 Å². The smallest absolute Gasteiger partial charge is 0.166 e. The molecule has 0 saturated heterocycles. The van der Waals surface area contributed by atoms with Crippen molar-refractivity contribution in [3.05, 3.63) is 48.3 Å². The minimum absolute atomic E-state index is 0.132. The van der Waals surface area contributed by atoms with Crippen LogP contribution in [0, 0.1) is 5.82 Å². The molecule has 0 aliphatic rings. The Morgan fingerprint density at radius 3 is 2.68 bits per heavy atom. The van der Waals surface area contributed by atoms with E-state index in [9.17, 15) is 9.50 Å². The average molecular weight is 362 g/mol. The number of aromatic nitrogens is 2.